The van der Waals surface area contributed by atoms with Crippen molar-refractivity contribution in [1.82, 2.24) is 0 Å². The normalized spacial score (nSPS) is 26.0. The number of hydrogen-bond donors (Lipinski definition) is 1. The van der Waals surface area contributed by atoms with Crippen LogP contribution >= 0.6 is 0 Å². The van der Waals surface area contributed by atoms with Gasteiger partial charge in [-0.2, -0.15) is 0 Å². The maximum atomic E-state index is 6.26. The molecule has 0 aliphatic heterocycles. The van der Waals surface area contributed by atoms with Crippen LogP contribution in [-0.2, 0) is 6.42 Å². The number of hydrogen-bond acceptors (Lipinski definition) is 2. The van der Waals surface area contributed by atoms with Gasteiger partial charge in [-0.3, -0.25) is 0 Å². The van der Waals surface area contributed by atoms with Crippen LogP contribution in [0.4, 0.5) is 0 Å². The van der Waals surface area contributed by atoms with Crippen molar-refractivity contribution in [2.45, 2.75) is 71.4 Å². The third-order valence-corrected chi connectivity index (χ3v) is 4.86. The van der Waals surface area contributed by atoms with Crippen LogP contribution in [0.5, 0.6) is 5.75 Å². The Balaban J connectivity index is 1.93. The Morgan fingerprint density at radius 1 is 1.19 bits per heavy atom. The lowest BCUT2D eigenvalue weighted by atomic mass is 9.78. The van der Waals surface area contributed by atoms with Gasteiger partial charge in [0, 0.05) is 6.04 Å². The first-order chi connectivity index (χ1) is 10.1. The molecule has 2 nitrogen and oxygen atoms in total. The molecule has 118 valence electrons. The molecule has 0 saturated heterocycles. The van der Waals surface area contributed by atoms with E-state index >= 15 is 0 Å². The number of benzene rings is 1. The molecule has 1 aromatic rings. The highest BCUT2D eigenvalue weighted by molar-refractivity contribution is 5.27. The van der Waals surface area contributed by atoms with E-state index in [4.69, 9.17) is 10.5 Å². The minimum atomic E-state index is 0.174. The van der Waals surface area contributed by atoms with E-state index in [1.807, 2.05) is 0 Å². The SMILES string of the molecule is CCCCc1ccc(OC2CC(C(C)C)CCC2N)cc1. The van der Waals surface area contributed by atoms with Crippen molar-refractivity contribution in [3.63, 3.8) is 0 Å². The molecule has 0 bridgehead atoms. The maximum absolute atomic E-state index is 6.26. The van der Waals surface area contributed by atoms with Crippen LogP contribution in [0.25, 0.3) is 0 Å². The molecular weight excluding hydrogens is 258 g/mol. The second kappa shape index (κ2) is 7.84. The number of rotatable bonds is 6. The molecule has 2 rings (SSSR count). The lowest BCUT2D eigenvalue weighted by molar-refractivity contribution is 0.0867. The quantitative estimate of drug-likeness (QED) is 0.833. The molecule has 0 aromatic heterocycles. The summed E-state index contributed by atoms with van der Waals surface area (Å²) in [5.41, 5.74) is 7.66. The molecule has 1 aliphatic carbocycles. The second-order valence-corrected chi connectivity index (χ2v) is 6.88. The Bertz CT molecular complexity index is 412. The molecule has 1 aromatic carbocycles. The molecule has 1 fully saturated rings. The molecule has 0 heterocycles. The molecule has 0 radical (unpaired) electrons. The van der Waals surface area contributed by atoms with Crippen molar-refractivity contribution in [1.29, 1.82) is 0 Å². The van der Waals surface area contributed by atoms with E-state index in [0.29, 0.717) is 0 Å². The molecule has 1 saturated carbocycles. The Morgan fingerprint density at radius 2 is 1.90 bits per heavy atom. The molecular formula is C19H31NO. The summed E-state index contributed by atoms with van der Waals surface area (Å²) in [6.07, 6.45) is 7.25. The molecule has 21 heavy (non-hydrogen) atoms. The third-order valence-electron chi connectivity index (χ3n) is 4.86. The number of aryl methyl sites for hydroxylation is 1. The molecule has 0 spiro atoms. The summed E-state index contributed by atoms with van der Waals surface area (Å²) in [7, 11) is 0. The molecule has 2 heteroatoms. The van der Waals surface area contributed by atoms with Gasteiger partial charge in [-0.05, 0) is 61.6 Å². The van der Waals surface area contributed by atoms with Crippen LogP contribution in [-0.4, -0.2) is 12.1 Å². The fourth-order valence-corrected chi connectivity index (χ4v) is 3.21. The van der Waals surface area contributed by atoms with E-state index in [2.05, 4.69) is 45.0 Å². The van der Waals surface area contributed by atoms with Gasteiger partial charge >= 0.3 is 0 Å². The Labute approximate surface area is 130 Å². The highest BCUT2D eigenvalue weighted by atomic mass is 16.5. The predicted molar refractivity (Wildman–Crippen MR) is 89.6 cm³/mol. The van der Waals surface area contributed by atoms with Crippen LogP contribution in [0, 0.1) is 11.8 Å². The van der Waals surface area contributed by atoms with E-state index in [0.717, 1.165) is 36.8 Å². The van der Waals surface area contributed by atoms with Gasteiger partial charge in [-0.25, -0.2) is 0 Å². The van der Waals surface area contributed by atoms with Gasteiger partial charge < -0.3 is 10.5 Å². The van der Waals surface area contributed by atoms with E-state index in [1.54, 1.807) is 0 Å². The summed E-state index contributed by atoms with van der Waals surface area (Å²) in [6, 6.07) is 8.78. The number of unbranched alkanes of at least 4 members (excludes halogenated alkanes) is 1. The van der Waals surface area contributed by atoms with Crippen LogP contribution in [0.15, 0.2) is 24.3 Å². The Morgan fingerprint density at radius 3 is 2.52 bits per heavy atom. The maximum Gasteiger partial charge on any atom is 0.119 e. The highest BCUT2D eigenvalue weighted by Gasteiger charge is 2.31. The van der Waals surface area contributed by atoms with Gasteiger partial charge in [-0.15, -0.1) is 0 Å². The van der Waals surface area contributed by atoms with Gasteiger partial charge in [-0.1, -0.05) is 39.3 Å². The zero-order valence-corrected chi connectivity index (χ0v) is 13.8. The Hall–Kier alpha value is -1.02. The van der Waals surface area contributed by atoms with Crippen molar-refractivity contribution >= 4 is 0 Å². The average molecular weight is 289 g/mol. The van der Waals surface area contributed by atoms with Crippen LogP contribution in [0.3, 0.4) is 0 Å². The molecule has 3 unspecified atom stereocenters. The average Bonchev–Trinajstić information content (AvgIpc) is 2.48. The van der Waals surface area contributed by atoms with Crippen molar-refractivity contribution in [2.75, 3.05) is 0 Å². The van der Waals surface area contributed by atoms with Crippen molar-refractivity contribution < 1.29 is 4.74 Å². The third kappa shape index (κ3) is 4.74. The first-order valence-electron chi connectivity index (χ1n) is 8.61. The predicted octanol–water partition coefficient (Wildman–Crippen LogP) is 4.56. The van der Waals surface area contributed by atoms with Crippen molar-refractivity contribution in [3.05, 3.63) is 29.8 Å². The first kappa shape index (κ1) is 16.4. The fraction of sp³-hybridized carbons (Fsp3) is 0.684. The lowest BCUT2D eigenvalue weighted by Gasteiger charge is -2.36. The van der Waals surface area contributed by atoms with Gasteiger partial charge in [0.1, 0.15) is 11.9 Å². The van der Waals surface area contributed by atoms with Crippen LogP contribution in [0.2, 0.25) is 0 Å². The van der Waals surface area contributed by atoms with Gasteiger partial charge in [0.2, 0.25) is 0 Å². The summed E-state index contributed by atoms with van der Waals surface area (Å²) in [5, 5.41) is 0. The zero-order chi connectivity index (χ0) is 15.2. The fourth-order valence-electron chi connectivity index (χ4n) is 3.21. The monoisotopic (exact) mass is 289 g/mol. The largest absolute Gasteiger partial charge is 0.489 e. The second-order valence-electron chi connectivity index (χ2n) is 6.88. The topological polar surface area (TPSA) is 35.2 Å². The highest BCUT2D eigenvalue weighted by Crippen LogP contribution is 2.31. The molecule has 0 amide bonds. The standard InChI is InChI=1S/C19H31NO/c1-4-5-6-15-7-10-17(11-8-15)21-19-13-16(14(2)3)9-12-18(19)20/h7-8,10-11,14,16,18-19H,4-6,9,12-13,20H2,1-3H3. The van der Waals surface area contributed by atoms with E-state index < -0.39 is 0 Å². The lowest BCUT2D eigenvalue weighted by Crippen LogP contribution is -2.44. The summed E-state index contributed by atoms with van der Waals surface area (Å²) >= 11 is 0. The summed E-state index contributed by atoms with van der Waals surface area (Å²) < 4.78 is 6.18. The van der Waals surface area contributed by atoms with Gasteiger partial charge in [0.25, 0.3) is 0 Å². The molecule has 3 atom stereocenters. The van der Waals surface area contributed by atoms with E-state index in [-0.39, 0.29) is 12.1 Å². The van der Waals surface area contributed by atoms with Gasteiger partial charge in [0.15, 0.2) is 0 Å². The van der Waals surface area contributed by atoms with Crippen LogP contribution in [0.1, 0.15) is 58.4 Å². The summed E-state index contributed by atoms with van der Waals surface area (Å²) in [6.45, 7) is 6.84. The summed E-state index contributed by atoms with van der Waals surface area (Å²) in [5.74, 6) is 2.44. The Kier molecular flexibility index (Phi) is 6.10. The van der Waals surface area contributed by atoms with E-state index in [9.17, 15) is 0 Å². The number of ether oxygens (including phenoxy) is 1. The first-order valence-corrected chi connectivity index (χ1v) is 8.61. The summed E-state index contributed by atoms with van der Waals surface area (Å²) in [4.78, 5) is 0. The minimum absolute atomic E-state index is 0.174. The van der Waals surface area contributed by atoms with Crippen molar-refractivity contribution in [3.8, 4) is 5.75 Å². The van der Waals surface area contributed by atoms with Gasteiger partial charge in [0.05, 0.1) is 0 Å². The van der Waals surface area contributed by atoms with E-state index in [1.165, 1.54) is 24.8 Å². The zero-order valence-electron chi connectivity index (χ0n) is 13.8. The smallest absolute Gasteiger partial charge is 0.119 e. The molecule has 1 aliphatic rings. The molecule has 2 N–H and O–H groups in total. The van der Waals surface area contributed by atoms with Crippen LogP contribution < -0.4 is 10.5 Å². The van der Waals surface area contributed by atoms with Crippen molar-refractivity contribution in [2.24, 2.45) is 17.6 Å². The minimum Gasteiger partial charge on any atom is -0.489 e. The number of nitrogens with two attached hydrogens (primary N) is 1.